The predicted octanol–water partition coefficient (Wildman–Crippen LogP) is -2.05. The van der Waals surface area contributed by atoms with E-state index in [1.807, 2.05) is 0 Å². The molecule has 1 rings (SSSR count). The molecule has 0 bridgehead atoms. The van der Waals surface area contributed by atoms with Gasteiger partial charge in [-0.1, -0.05) is 0 Å². The second kappa shape index (κ2) is 3.28. The van der Waals surface area contributed by atoms with E-state index >= 15 is 0 Å². The number of amides is 1. The van der Waals surface area contributed by atoms with Crippen LogP contribution >= 0.6 is 0 Å². The Kier molecular flexibility index (Phi) is 2.71. The van der Waals surface area contributed by atoms with Gasteiger partial charge in [0, 0.05) is 0 Å². The van der Waals surface area contributed by atoms with E-state index in [1.54, 1.807) is 6.07 Å². The van der Waals surface area contributed by atoms with Gasteiger partial charge in [-0.25, -0.2) is 0 Å². The third kappa shape index (κ3) is 1.50. The van der Waals surface area contributed by atoms with Crippen molar-refractivity contribution in [3.8, 4) is 6.07 Å². The molecule has 0 saturated heterocycles. The van der Waals surface area contributed by atoms with Crippen molar-refractivity contribution in [1.82, 2.24) is 15.4 Å². The van der Waals surface area contributed by atoms with Gasteiger partial charge in [0.25, 0.3) is 5.91 Å². The van der Waals surface area contributed by atoms with E-state index in [2.05, 4.69) is 15.4 Å². The summed E-state index contributed by atoms with van der Waals surface area (Å²) in [4.78, 5) is 10.4. The molecule has 0 atom stereocenters. The van der Waals surface area contributed by atoms with E-state index in [-0.39, 0.29) is 16.9 Å². The van der Waals surface area contributed by atoms with Gasteiger partial charge in [0.15, 0.2) is 11.4 Å². The van der Waals surface area contributed by atoms with Crippen LogP contribution in [0.4, 0.5) is 0 Å². The fraction of sp³-hybridized carbons (Fsp3) is 0. The molecule has 7 heteroatoms. The van der Waals surface area contributed by atoms with Gasteiger partial charge in [-0.3, -0.25) is 4.79 Å². The maximum Gasteiger partial charge on any atom is 0.272 e. The Balaban J connectivity index is 0.000001000. The summed E-state index contributed by atoms with van der Waals surface area (Å²) >= 11 is 0. The summed E-state index contributed by atoms with van der Waals surface area (Å²) in [6.45, 7) is 0. The zero-order valence-electron chi connectivity index (χ0n) is 5.33. The highest BCUT2D eigenvalue weighted by Crippen LogP contribution is 1.95. The second-order valence-electron chi connectivity index (χ2n) is 1.50. The van der Waals surface area contributed by atoms with Crippen LogP contribution in [0.3, 0.4) is 0 Å². The zero-order chi connectivity index (χ0) is 7.56. The van der Waals surface area contributed by atoms with Crippen LogP contribution in [0.1, 0.15) is 16.2 Å². The van der Waals surface area contributed by atoms with Gasteiger partial charge in [0.2, 0.25) is 0 Å². The molecule has 0 saturated carbocycles. The minimum absolute atomic E-state index is 0. The largest absolute Gasteiger partial charge is 0.412 e. The number of rotatable bonds is 1. The van der Waals surface area contributed by atoms with Crippen LogP contribution in [0.2, 0.25) is 0 Å². The molecule has 0 spiro atoms. The van der Waals surface area contributed by atoms with Gasteiger partial charge < -0.3 is 11.2 Å². The predicted molar refractivity (Wildman–Crippen MR) is 33.2 cm³/mol. The maximum absolute atomic E-state index is 10.4. The second-order valence-corrected chi connectivity index (χ2v) is 1.50. The van der Waals surface area contributed by atoms with Crippen LogP contribution in [0.25, 0.3) is 0 Å². The molecule has 0 radical (unpaired) electrons. The molecule has 0 unspecified atom stereocenters. The lowest BCUT2D eigenvalue weighted by Gasteiger charge is -1.81. The quantitative estimate of drug-likeness (QED) is 0.481. The van der Waals surface area contributed by atoms with E-state index < -0.39 is 5.91 Å². The number of aromatic amines is 1. The number of carbonyl (C=O) groups is 1. The standard InChI is InChI=1S/C4H3N5O.H2O/c5-1-2-3(4(6)10)8-9-7-2;/h(H2,6,10)(H,7,8,9);1H2. The number of aromatic nitrogens is 3. The molecule has 11 heavy (non-hydrogen) atoms. The molecular formula is C4H5N5O2. The number of nitriles is 1. The highest BCUT2D eigenvalue weighted by Gasteiger charge is 2.11. The number of primary amides is 1. The van der Waals surface area contributed by atoms with Crippen molar-refractivity contribution in [2.75, 3.05) is 0 Å². The summed E-state index contributed by atoms with van der Waals surface area (Å²) in [6.07, 6.45) is 0. The van der Waals surface area contributed by atoms with E-state index in [0.717, 1.165) is 0 Å². The highest BCUT2D eigenvalue weighted by atomic mass is 16.1. The van der Waals surface area contributed by atoms with Crippen LogP contribution < -0.4 is 5.73 Å². The van der Waals surface area contributed by atoms with Crippen LogP contribution in [-0.4, -0.2) is 26.8 Å². The van der Waals surface area contributed by atoms with Crippen molar-refractivity contribution in [2.45, 2.75) is 0 Å². The first-order chi connectivity index (χ1) is 4.75. The Morgan fingerprint density at radius 2 is 2.27 bits per heavy atom. The lowest BCUT2D eigenvalue weighted by atomic mass is 10.3. The normalized spacial score (nSPS) is 7.91. The number of hydrogen-bond donors (Lipinski definition) is 2. The third-order valence-electron chi connectivity index (χ3n) is 0.887. The molecule has 1 amide bonds. The van der Waals surface area contributed by atoms with Crippen LogP contribution in [0, 0.1) is 11.3 Å². The third-order valence-corrected chi connectivity index (χ3v) is 0.887. The fourth-order valence-electron chi connectivity index (χ4n) is 0.481. The summed E-state index contributed by atoms with van der Waals surface area (Å²) in [7, 11) is 0. The molecule has 0 aliphatic rings. The first-order valence-electron chi connectivity index (χ1n) is 2.36. The van der Waals surface area contributed by atoms with Crippen molar-refractivity contribution in [2.24, 2.45) is 5.73 Å². The van der Waals surface area contributed by atoms with Crippen molar-refractivity contribution in [3.05, 3.63) is 11.4 Å². The Labute approximate surface area is 61.1 Å². The molecular weight excluding hydrogens is 150 g/mol. The van der Waals surface area contributed by atoms with Gasteiger partial charge in [0.1, 0.15) is 6.07 Å². The molecule has 0 fully saturated rings. The monoisotopic (exact) mass is 155 g/mol. The average molecular weight is 155 g/mol. The lowest BCUT2D eigenvalue weighted by Crippen LogP contribution is -2.13. The molecule has 5 N–H and O–H groups in total. The molecule has 58 valence electrons. The lowest BCUT2D eigenvalue weighted by molar-refractivity contribution is 0.0995. The van der Waals surface area contributed by atoms with Crippen molar-refractivity contribution in [3.63, 3.8) is 0 Å². The van der Waals surface area contributed by atoms with E-state index in [4.69, 9.17) is 11.0 Å². The molecule has 1 aromatic rings. The van der Waals surface area contributed by atoms with E-state index in [0.29, 0.717) is 0 Å². The van der Waals surface area contributed by atoms with Gasteiger partial charge in [-0.15, -0.1) is 10.2 Å². The van der Waals surface area contributed by atoms with Crippen molar-refractivity contribution < 1.29 is 10.3 Å². The summed E-state index contributed by atoms with van der Waals surface area (Å²) in [5.74, 6) is -0.759. The minimum Gasteiger partial charge on any atom is -0.412 e. The number of carbonyl (C=O) groups excluding carboxylic acids is 1. The Bertz CT molecular complexity index is 298. The van der Waals surface area contributed by atoms with E-state index in [1.165, 1.54) is 0 Å². The molecule has 0 aromatic carbocycles. The average Bonchev–Trinajstić information content (AvgIpc) is 2.33. The van der Waals surface area contributed by atoms with Crippen LogP contribution in [0.15, 0.2) is 0 Å². The number of hydrogen-bond acceptors (Lipinski definition) is 4. The minimum atomic E-state index is -0.759. The van der Waals surface area contributed by atoms with Crippen LogP contribution in [-0.2, 0) is 0 Å². The summed E-state index contributed by atoms with van der Waals surface area (Å²) < 4.78 is 0. The number of nitrogens with two attached hydrogens (primary N) is 1. The van der Waals surface area contributed by atoms with Gasteiger partial charge in [-0.05, 0) is 0 Å². The number of nitrogens with one attached hydrogen (secondary N) is 1. The molecule has 1 aromatic heterocycles. The molecule has 1 heterocycles. The maximum atomic E-state index is 10.4. The molecule has 0 aliphatic heterocycles. The zero-order valence-corrected chi connectivity index (χ0v) is 5.33. The topological polar surface area (TPSA) is 140 Å². The Morgan fingerprint density at radius 1 is 1.64 bits per heavy atom. The Hall–Kier alpha value is -1.94. The summed E-state index contributed by atoms with van der Waals surface area (Å²) in [5, 5.41) is 17.1. The fourth-order valence-corrected chi connectivity index (χ4v) is 0.481. The van der Waals surface area contributed by atoms with Gasteiger partial charge in [0.05, 0.1) is 0 Å². The van der Waals surface area contributed by atoms with Gasteiger partial charge >= 0.3 is 0 Å². The summed E-state index contributed by atoms with van der Waals surface area (Å²) in [5.41, 5.74) is 4.62. The highest BCUT2D eigenvalue weighted by molar-refractivity contribution is 5.92. The van der Waals surface area contributed by atoms with Crippen molar-refractivity contribution in [1.29, 1.82) is 5.26 Å². The smallest absolute Gasteiger partial charge is 0.272 e. The first kappa shape index (κ1) is 9.06. The van der Waals surface area contributed by atoms with E-state index in [9.17, 15) is 4.79 Å². The molecule has 0 aliphatic carbocycles. The van der Waals surface area contributed by atoms with Crippen LogP contribution in [0.5, 0.6) is 0 Å². The molecule has 7 nitrogen and oxygen atoms in total. The number of H-pyrrole nitrogens is 1. The summed E-state index contributed by atoms with van der Waals surface area (Å²) in [6, 6.07) is 1.65. The first-order valence-corrected chi connectivity index (χ1v) is 2.36. The Morgan fingerprint density at radius 3 is 2.64 bits per heavy atom. The SMILES string of the molecule is N#Cc1n[nH]nc1C(N)=O.O. The number of nitrogens with zero attached hydrogens (tertiary/aromatic N) is 3. The van der Waals surface area contributed by atoms with Crippen molar-refractivity contribution >= 4 is 5.91 Å². The van der Waals surface area contributed by atoms with Gasteiger partial charge in [-0.2, -0.15) is 10.5 Å².